The number of rotatable bonds is 13. The van der Waals surface area contributed by atoms with Gasteiger partial charge in [-0.05, 0) is 12.3 Å². The lowest BCUT2D eigenvalue weighted by Crippen LogP contribution is -2.16. The Labute approximate surface area is 156 Å². The van der Waals surface area contributed by atoms with E-state index in [2.05, 4.69) is 24.4 Å². The molecule has 1 N–H and O–H groups in total. The minimum absolute atomic E-state index is 0.00415. The standard InChI is InChI=1S/C20H31N3O3/c1-17(2)11-8-6-4-3-5-7-9-14-20(24)22-21-16-18-12-10-13-19(15-18)23(25)26/h10,12-13,15-17H,3-9,11,14H2,1-2H3,(H,22,24). The van der Waals surface area contributed by atoms with Gasteiger partial charge in [0.25, 0.3) is 5.69 Å². The summed E-state index contributed by atoms with van der Waals surface area (Å²) < 4.78 is 0. The number of nitrogens with zero attached hydrogens (tertiary/aromatic N) is 2. The first-order chi connectivity index (χ1) is 12.5. The molecule has 0 aliphatic rings. The van der Waals surface area contributed by atoms with E-state index in [9.17, 15) is 14.9 Å². The van der Waals surface area contributed by atoms with Gasteiger partial charge in [-0.15, -0.1) is 0 Å². The van der Waals surface area contributed by atoms with Gasteiger partial charge in [0, 0.05) is 24.1 Å². The highest BCUT2D eigenvalue weighted by atomic mass is 16.6. The lowest BCUT2D eigenvalue weighted by molar-refractivity contribution is -0.384. The molecule has 0 atom stereocenters. The molecule has 144 valence electrons. The van der Waals surface area contributed by atoms with E-state index in [1.807, 2.05) is 0 Å². The van der Waals surface area contributed by atoms with Crippen molar-refractivity contribution in [3.8, 4) is 0 Å². The fourth-order valence-electron chi connectivity index (χ4n) is 2.68. The lowest BCUT2D eigenvalue weighted by Gasteiger charge is -2.04. The Morgan fingerprint density at radius 3 is 2.46 bits per heavy atom. The van der Waals surface area contributed by atoms with Gasteiger partial charge in [0.2, 0.25) is 5.91 Å². The number of non-ortho nitro benzene ring substituents is 1. The molecule has 26 heavy (non-hydrogen) atoms. The average Bonchev–Trinajstić information content (AvgIpc) is 2.60. The molecule has 0 saturated heterocycles. The number of hydrazone groups is 1. The van der Waals surface area contributed by atoms with E-state index in [1.165, 1.54) is 56.9 Å². The third-order valence-corrected chi connectivity index (χ3v) is 4.17. The first-order valence-corrected chi connectivity index (χ1v) is 9.55. The molecule has 0 spiro atoms. The number of hydrogen-bond acceptors (Lipinski definition) is 4. The molecule has 1 rings (SSSR count). The summed E-state index contributed by atoms with van der Waals surface area (Å²) in [5.41, 5.74) is 3.05. The number of amides is 1. The van der Waals surface area contributed by atoms with E-state index in [-0.39, 0.29) is 11.6 Å². The second-order valence-electron chi connectivity index (χ2n) is 7.05. The highest BCUT2D eigenvalue weighted by Crippen LogP contribution is 2.13. The van der Waals surface area contributed by atoms with Crippen LogP contribution < -0.4 is 5.43 Å². The molecule has 0 unspecified atom stereocenters. The van der Waals surface area contributed by atoms with E-state index in [1.54, 1.807) is 12.1 Å². The Balaban J connectivity index is 2.08. The van der Waals surface area contributed by atoms with Gasteiger partial charge in [-0.25, -0.2) is 5.43 Å². The van der Waals surface area contributed by atoms with Gasteiger partial charge in [-0.3, -0.25) is 14.9 Å². The summed E-state index contributed by atoms with van der Waals surface area (Å²) >= 11 is 0. The average molecular weight is 361 g/mol. The summed E-state index contributed by atoms with van der Waals surface area (Å²) in [5, 5.41) is 14.6. The molecule has 6 nitrogen and oxygen atoms in total. The van der Waals surface area contributed by atoms with Crippen molar-refractivity contribution < 1.29 is 9.72 Å². The van der Waals surface area contributed by atoms with Gasteiger partial charge < -0.3 is 0 Å². The maximum Gasteiger partial charge on any atom is 0.270 e. The van der Waals surface area contributed by atoms with E-state index >= 15 is 0 Å². The highest BCUT2D eigenvalue weighted by molar-refractivity contribution is 5.83. The molecule has 0 aromatic heterocycles. The number of nitro benzene ring substituents is 1. The molecule has 0 fully saturated rings. The minimum Gasteiger partial charge on any atom is -0.273 e. The van der Waals surface area contributed by atoms with Crippen LogP contribution in [0.2, 0.25) is 0 Å². The summed E-state index contributed by atoms with van der Waals surface area (Å²) in [6.07, 6.45) is 11.5. The number of nitro groups is 1. The van der Waals surface area contributed by atoms with Gasteiger partial charge in [0.1, 0.15) is 0 Å². The minimum atomic E-state index is -0.458. The summed E-state index contributed by atoms with van der Waals surface area (Å²) in [7, 11) is 0. The zero-order valence-corrected chi connectivity index (χ0v) is 15.9. The molecule has 0 bridgehead atoms. The van der Waals surface area contributed by atoms with Gasteiger partial charge in [-0.2, -0.15) is 5.10 Å². The molecule has 0 saturated carbocycles. The van der Waals surface area contributed by atoms with Crippen molar-refractivity contribution in [2.24, 2.45) is 11.0 Å². The number of benzene rings is 1. The number of nitrogens with one attached hydrogen (secondary N) is 1. The monoisotopic (exact) mass is 361 g/mol. The van der Waals surface area contributed by atoms with Crippen LogP contribution in [-0.2, 0) is 4.79 Å². The fraction of sp³-hybridized carbons (Fsp3) is 0.600. The Morgan fingerprint density at radius 1 is 1.15 bits per heavy atom. The van der Waals surface area contributed by atoms with Gasteiger partial charge in [0.15, 0.2) is 0 Å². The summed E-state index contributed by atoms with van der Waals surface area (Å²) in [4.78, 5) is 22.0. The molecule has 0 aliphatic carbocycles. The van der Waals surface area contributed by atoms with Crippen LogP contribution in [0.15, 0.2) is 29.4 Å². The van der Waals surface area contributed by atoms with Crippen LogP contribution >= 0.6 is 0 Å². The lowest BCUT2D eigenvalue weighted by atomic mass is 10.0. The van der Waals surface area contributed by atoms with Gasteiger partial charge >= 0.3 is 0 Å². The van der Waals surface area contributed by atoms with Gasteiger partial charge in [0.05, 0.1) is 11.1 Å². The topological polar surface area (TPSA) is 84.6 Å². The number of carbonyl (C=O) groups is 1. The zero-order valence-electron chi connectivity index (χ0n) is 15.9. The first kappa shape index (κ1) is 21.8. The third-order valence-electron chi connectivity index (χ3n) is 4.17. The molecule has 1 aromatic rings. The largest absolute Gasteiger partial charge is 0.273 e. The van der Waals surface area contributed by atoms with Crippen LogP contribution in [0.3, 0.4) is 0 Å². The third kappa shape index (κ3) is 10.6. The van der Waals surface area contributed by atoms with Crippen molar-refractivity contribution >= 4 is 17.8 Å². The first-order valence-electron chi connectivity index (χ1n) is 9.55. The van der Waals surface area contributed by atoms with Crippen LogP contribution in [0.1, 0.15) is 77.2 Å². The predicted octanol–water partition coefficient (Wildman–Crippen LogP) is 5.21. The van der Waals surface area contributed by atoms with Crippen molar-refractivity contribution in [2.45, 2.75) is 71.6 Å². The van der Waals surface area contributed by atoms with E-state index in [0.29, 0.717) is 12.0 Å². The van der Waals surface area contributed by atoms with Crippen LogP contribution in [-0.4, -0.2) is 17.0 Å². The Kier molecular flexibility index (Phi) is 10.9. The Morgan fingerprint density at radius 2 is 1.81 bits per heavy atom. The molecule has 1 aromatic carbocycles. The van der Waals surface area contributed by atoms with Crippen LogP contribution in [0, 0.1) is 16.0 Å². The molecule has 0 heterocycles. The SMILES string of the molecule is CC(C)CCCCCCCCCC(=O)NN=Cc1cccc([N+](=O)[O-])c1. The predicted molar refractivity (Wildman–Crippen MR) is 105 cm³/mol. The summed E-state index contributed by atoms with van der Waals surface area (Å²) in [6.45, 7) is 4.53. The van der Waals surface area contributed by atoms with E-state index in [0.717, 1.165) is 18.8 Å². The van der Waals surface area contributed by atoms with Crippen molar-refractivity contribution in [1.82, 2.24) is 5.43 Å². The van der Waals surface area contributed by atoms with Crippen molar-refractivity contribution in [3.63, 3.8) is 0 Å². The van der Waals surface area contributed by atoms with Gasteiger partial charge in [-0.1, -0.05) is 70.9 Å². The maximum absolute atomic E-state index is 11.7. The highest BCUT2D eigenvalue weighted by Gasteiger charge is 2.04. The van der Waals surface area contributed by atoms with E-state index < -0.39 is 4.92 Å². The summed E-state index contributed by atoms with van der Waals surface area (Å²) in [6, 6.07) is 6.12. The quantitative estimate of drug-likeness (QED) is 0.226. The van der Waals surface area contributed by atoms with E-state index in [4.69, 9.17) is 0 Å². The molecule has 1 amide bonds. The second kappa shape index (κ2) is 13.0. The molecular weight excluding hydrogens is 330 g/mol. The Bertz CT molecular complexity index is 585. The fourth-order valence-corrected chi connectivity index (χ4v) is 2.68. The van der Waals surface area contributed by atoms with Crippen LogP contribution in [0.4, 0.5) is 5.69 Å². The summed E-state index contributed by atoms with van der Waals surface area (Å²) in [5.74, 6) is 0.678. The molecular formula is C20H31N3O3. The molecule has 6 heteroatoms. The van der Waals surface area contributed by atoms with Crippen molar-refractivity contribution in [2.75, 3.05) is 0 Å². The second-order valence-corrected chi connectivity index (χ2v) is 7.05. The smallest absolute Gasteiger partial charge is 0.270 e. The van der Waals surface area contributed by atoms with Crippen LogP contribution in [0.5, 0.6) is 0 Å². The van der Waals surface area contributed by atoms with Crippen LogP contribution in [0.25, 0.3) is 0 Å². The normalized spacial score (nSPS) is 11.2. The van der Waals surface area contributed by atoms with Crippen molar-refractivity contribution in [1.29, 1.82) is 0 Å². The number of hydrogen-bond donors (Lipinski definition) is 1. The number of unbranched alkanes of at least 4 members (excludes halogenated alkanes) is 6. The Hall–Kier alpha value is -2.24. The zero-order chi connectivity index (χ0) is 19.2. The maximum atomic E-state index is 11.7. The number of carbonyl (C=O) groups excluding carboxylic acids is 1. The molecule has 0 aliphatic heterocycles. The molecule has 0 radical (unpaired) electrons. The van der Waals surface area contributed by atoms with Crippen molar-refractivity contribution in [3.05, 3.63) is 39.9 Å².